The monoisotopic (exact) mass is 375 g/mol. The summed E-state index contributed by atoms with van der Waals surface area (Å²) in [6, 6.07) is 20.6. The van der Waals surface area contributed by atoms with E-state index < -0.39 is 0 Å². The van der Waals surface area contributed by atoms with Gasteiger partial charge in [0.25, 0.3) is 5.91 Å². The van der Waals surface area contributed by atoms with Gasteiger partial charge in [-0.3, -0.25) is 9.48 Å². The molecule has 0 radical (unpaired) electrons. The zero-order chi connectivity index (χ0) is 20.1. The maximum absolute atomic E-state index is 12.5. The van der Waals surface area contributed by atoms with E-state index in [-0.39, 0.29) is 11.3 Å². The molecule has 0 unspecified atom stereocenters. The number of aryl methyl sites for hydroxylation is 1. The lowest BCUT2D eigenvalue weighted by Crippen LogP contribution is -2.26. The summed E-state index contributed by atoms with van der Waals surface area (Å²) in [6.07, 6.45) is 0.808. The third-order valence-corrected chi connectivity index (χ3v) is 4.90. The van der Waals surface area contributed by atoms with Gasteiger partial charge in [-0.15, -0.1) is 0 Å². The fraction of sp³-hybridized carbons (Fsp3) is 0.333. The Bertz CT molecular complexity index is 919. The number of hydrogen-bond donors (Lipinski definition) is 1. The lowest BCUT2D eigenvalue weighted by Gasteiger charge is -2.19. The molecule has 4 nitrogen and oxygen atoms in total. The molecule has 0 aliphatic carbocycles. The number of carbonyl (C=O) groups excluding carboxylic acids is 1. The molecule has 0 spiro atoms. The van der Waals surface area contributed by atoms with Gasteiger partial charge in [-0.25, -0.2) is 0 Å². The van der Waals surface area contributed by atoms with Crippen LogP contribution in [0.4, 0.5) is 0 Å². The predicted molar refractivity (Wildman–Crippen MR) is 115 cm³/mol. The van der Waals surface area contributed by atoms with Gasteiger partial charge in [0.1, 0.15) is 0 Å². The van der Waals surface area contributed by atoms with Crippen LogP contribution in [-0.4, -0.2) is 22.2 Å². The number of carbonyl (C=O) groups is 1. The molecule has 3 rings (SSSR count). The third kappa shape index (κ3) is 4.69. The Hall–Kier alpha value is -2.88. The molecule has 28 heavy (non-hydrogen) atoms. The molecule has 0 aliphatic rings. The molecule has 2 aromatic carbocycles. The number of benzene rings is 2. The minimum atomic E-state index is -0.129. The minimum absolute atomic E-state index is 0.118. The van der Waals surface area contributed by atoms with Crippen molar-refractivity contribution in [3.05, 3.63) is 77.5 Å². The molecule has 1 heterocycles. The largest absolute Gasteiger partial charge is 0.350 e. The minimum Gasteiger partial charge on any atom is -0.350 e. The van der Waals surface area contributed by atoms with E-state index in [9.17, 15) is 4.79 Å². The smallest absolute Gasteiger partial charge is 0.271 e. The van der Waals surface area contributed by atoms with Crippen LogP contribution >= 0.6 is 0 Å². The molecule has 0 atom stereocenters. The second kappa shape index (κ2) is 8.42. The van der Waals surface area contributed by atoms with Crippen LogP contribution in [0.15, 0.2) is 60.7 Å². The number of amides is 1. The highest BCUT2D eigenvalue weighted by molar-refractivity contribution is 5.93. The fourth-order valence-electron chi connectivity index (χ4n) is 3.20. The summed E-state index contributed by atoms with van der Waals surface area (Å²) in [6.45, 7) is 9.96. The normalized spacial score (nSPS) is 11.4. The standard InChI is InChI=1S/C24H29N3O/c1-5-27-22(19-11-13-20(14-12-19)24(2,3)4)17-21(26-27)23(28)25-16-15-18-9-7-6-8-10-18/h6-14,17H,5,15-16H2,1-4H3,(H,25,28). The SMILES string of the molecule is CCn1nc(C(=O)NCCc2ccccc2)cc1-c1ccc(C(C)(C)C)cc1. The highest BCUT2D eigenvalue weighted by Gasteiger charge is 2.17. The van der Waals surface area contributed by atoms with Gasteiger partial charge in [-0.2, -0.15) is 5.10 Å². The number of hydrogen-bond acceptors (Lipinski definition) is 2. The van der Waals surface area contributed by atoms with E-state index >= 15 is 0 Å². The van der Waals surface area contributed by atoms with Crippen molar-refractivity contribution in [3.63, 3.8) is 0 Å². The van der Waals surface area contributed by atoms with E-state index in [1.165, 1.54) is 11.1 Å². The Kier molecular flexibility index (Phi) is 5.98. The summed E-state index contributed by atoms with van der Waals surface area (Å²) >= 11 is 0. The first-order chi connectivity index (χ1) is 13.4. The van der Waals surface area contributed by atoms with Crippen molar-refractivity contribution in [2.75, 3.05) is 6.54 Å². The van der Waals surface area contributed by atoms with Crippen molar-refractivity contribution >= 4 is 5.91 Å². The Labute approximate surface area is 167 Å². The van der Waals surface area contributed by atoms with Gasteiger partial charge in [-0.05, 0) is 41.5 Å². The van der Waals surface area contributed by atoms with Crippen LogP contribution in [0.2, 0.25) is 0 Å². The van der Waals surface area contributed by atoms with Gasteiger partial charge in [0.05, 0.1) is 5.69 Å². The Morgan fingerprint density at radius 2 is 1.71 bits per heavy atom. The van der Waals surface area contributed by atoms with Crippen molar-refractivity contribution in [1.29, 1.82) is 0 Å². The van der Waals surface area contributed by atoms with Crippen LogP contribution in [0.1, 0.15) is 49.3 Å². The zero-order valence-electron chi connectivity index (χ0n) is 17.2. The lowest BCUT2D eigenvalue weighted by atomic mass is 9.86. The molecule has 0 fully saturated rings. The summed E-state index contributed by atoms with van der Waals surface area (Å²) in [4.78, 5) is 12.5. The van der Waals surface area contributed by atoms with Crippen LogP contribution in [0.5, 0.6) is 0 Å². The van der Waals surface area contributed by atoms with Crippen molar-refractivity contribution in [2.45, 2.75) is 46.1 Å². The molecule has 146 valence electrons. The molecule has 4 heteroatoms. The van der Waals surface area contributed by atoms with Crippen molar-refractivity contribution < 1.29 is 4.79 Å². The first-order valence-electron chi connectivity index (χ1n) is 9.89. The molecule has 0 aliphatic heterocycles. The predicted octanol–water partition coefficient (Wildman–Crippen LogP) is 4.84. The molecule has 0 bridgehead atoms. The highest BCUT2D eigenvalue weighted by atomic mass is 16.1. The summed E-state index contributed by atoms with van der Waals surface area (Å²) in [7, 11) is 0. The highest BCUT2D eigenvalue weighted by Crippen LogP contribution is 2.26. The van der Waals surface area contributed by atoms with E-state index in [1.807, 2.05) is 35.9 Å². The quantitative estimate of drug-likeness (QED) is 0.670. The second-order valence-corrected chi connectivity index (χ2v) is 8.05. The molecular formula is C24H29N3O. The Balaban J connectivity index is 1.72. The van der Waals surface area contributed by atoms with Crippen molar-refractivity contribution in [2.24, 2.45) is 0 Å². The maximum Gasteiger partial charge on any atom is 0.271 e. The number of aromatic nitrogens is 2. The number of nitrogens with zero attached hydrogens (tertiary/aromatic N) is 2. The summed E-state index contributed by atoms with van der Waals surface area (Å²) < 4.78 is 1.89. The number of nitrogens with one attached hydrogen (secondary N) is 1. The van der Waals surface area contributed by atoms with Gasteiger partial charge in [-0.1, -0.05) is 75.4 Å². The Morgan fingerprint density at radius 3 is 2.32 bits per heavy atom. The molecule has 1 aromatic heterocycles. The zero-order valence-corrected chi connectivity index (χ0v) is 17.2. The van der Waals surface area contributed by atoms with E-state index in [0.717, 1.165) is 17.7 Å². The first kappa shape index (κ1) is 19.9. The third-order valence-electron chi connectivity index (χ3n) is 4.90. The average Bonchev–Trinajstić information content (AvgIpc) is 3.13. The summed E-state index contributed by atoms with van der Waals surface area (Å²) in [5.74, 6) is -0.129. The second-order valence-electron chi connectivity index (χ2n) is 8.05. The van der Waals surface area contributed by atoms with Crippen LogP contribution in [0.3, 0.4) is 0 Å². The molecule has 1 N–H and O–H groups in total. The topological polar surface area (TPSA) is 46.9 Å². The van der Waals surface area contributed by atoms with E-state index in [4.69, 9.17) is 0 Å². The van der Waals surface area contributed by atoms with Gasteiger partial charge in [0.15, 0.2) is 5.69 Å². The maximum atomic E-state index is 12.5. The van der Waals surface area contributed by atoms with Crippen molar-refractivity contribution in [3.8, 4) is 11.3 Å². The molecule has 1 amide bonds. The number of rotatable bonds is 6. The van der Waals surface area contributed by atoms with Crippen LogP contribution in [0.25, 0.3) is 11.3 Å². The lowest BCUT2D eigenvalue weighted by molar-refractivity contribution is 0.0948. The fourth-order valence-corrected chi connectivity index (χ4v) is 3.20. The van der Waals surface area contributed by atoms with E-state index in [1.54, 1.807) is 0 Å². The van der Waals surface area contributed by atoms with Crippen LogP contribution < -0.4 is 5.32 Å². The van der Waals surface area contributed by atoms with Gasteiger partial charge < -0.3 is 5.32 Å². The van der Waals surface area contributed by atoms with Gasteiger partial charge in [0.2, 0.25) is 0 Å². The van der Waals surface area contributed by atoms with Crippen LogP contribution in [0, 0.1) is 0 Å². The summed E-state index contributed by atoms with van der Waals surface area (Å²) in [5, 5.41) is 7.48. The molecule has 3 aromatic rings. The van der Waals surface area contributed by atoms with Crippen molar-refractivity contribution in [1.82, 2.24) is 15.1 Å². The average molecular weight is 376 g/mol. The first-order valence-corrected chi connectivity index (χ1v) is 9.89. The Morgan fingerprint density at radius 1 is 1.04 bits per heavy atom. The molecule has 0 saturated heterocycles. The van der Waals surface area contributed by atoms with Gasteiger partial charge in [0, 0.05) is 13.1 Å². The van der Waals surface area contributed by atoms with E-state index in [0.29, 0.717) is 18.8 Å². The molecular weight excluding hydrogens is 346 g/mol. The van der Waals surface area contributed by atoms with Gasteiger partial charge >= 0.3 is 0 Å². The summed E-state index contributed by atoms with van der Waals surface area (Å²) in [5.41, 5.74) is 5.12. The van der Waals surface area contributed by atoms with Crippen LogP contribution in [-0.2, 0) is 18.4 Å². The van der Waals surface area contributed by atoms with E-state index in [2.05, 4.69) is 67.6 Å². The molecule has 0 saturated carbocycles.